The van der Waals surface area contributed by atoms with E-state index in [-0.39, 0.29) is 18.2 Å². The number of nitro groups is 1. The Balaban J connectivity index is 2.74. The van der Waals surface area contributed by atoms with Crippen LogP contribution in [0.15, 0.2) is 24.3 Å². The van der Waals surface area contributed by atoms with Crippen LogP contribution in [0.5, 0.6) is 0 Å². The molecule has 0 heterocycles. The van der Waals surface area contributed by atoms with Crippen molar-refractivity contribution in [3.63, 3.8) is 0 Å². The van der Waals surface area contributed by atoms with E-state index in [0.29, 0.717) is 5.69 Å². The van der Waals surface area contributed by atoms with Gasteiger partial charge in [0.05, 0.1) is 17.4 Å². The number of nitrogens with zero attached hydrogens (tertiary/aromatic N) is 3. The van der Waals surface area contributed by atoms with Crippen LogP contribution in [0.4, 0.5) is 16.2 Å². The van der Waals surface area contributed by atoms with Crippen LogP contribution in [0.25, 0.3) is 0 Å². The summed E-state index contributed by atoms with van der Waals surface area (Å²) in [6.45, 7) is 1.75. The summed E-state index contributed by atoms with van der Waals surface area (Å²) in [6, 6.07) is 7.01. The van der Waals surface area contributed by atoms with E-state index in [1.807, 2.05) is 6.07 Å². The van der Waals surface area contributed by atoms with Gasteiger partial charge in [0.2, 0.25) is 0 Å². The molecule has 0 fully saturated rings. The highest BCUT2D eigenvalue weighted by molar-refractivity contribution is 5.89. The Bertz CT molecular complexity index is 524. The van der Waals surface area contributed by atoms with Gasteiger partial charge in [-0.05, 0) is 13.0 Å². The Hall–Kier alpha value is -2.62. The van der Waals surface area contributed by atoms with Crippen molar-refractivity contribution in [2.45, 2.75) is 19.4 Å². The van der Waals surface area contributed by atoms with Crippen molar-refractivity contribution in [1.29, 1.82) is 5.26 Å². The molecule has 0 spiro atoms. The quantitative estimate of drug-likeness (QED) is 0.665. The third-order valence-electron chi connectivity index (χ3n) is 2.68. The fourth-order valence-corrected chi connectivity index (χ4v) is 1.38. The Labute approximate surface area is 110 Å². The first-order valence-corrected chi connectivity index (χ1v) is 5.61. The number of urea groups is 1. The standard InChI is InChI=1S/C12H14N4O3/c1-9(6-7-13)15(2)12(17)14-10-4-3-5-11(8-10)16(18)19/h3-5,8-9H,6H2,1-2H3,(H,14,17). The molecule has 1 N–H and O–H groups in total. The van der Waals surface area contributed by atoms with Crippen LogP contribution >= 0.6 is 0 Å². The minimum Gasteiger partial charge on any atom is -0.324 e. The molecule has 1 aromatic rings. The molecule has 100 valence electrons. The van der Waals surface area contributed by atoms with Crippen molar-refractivity contribution < 1.29 is 9.72 Å². The number of amides is 2. The maximum Gasteiger partial charge on any atom is 0.321 e. The minimum atomic E-state index is -0.530. The van der Waals surface area contributed by atoms with Crippen molar-refractivity contribution in [3.8, 4) is 6.07 Å². The van der Waals surface area contributed by atoms with Gasteiger partial charge in [0, 0.05) is 30.9 Å². The zero-order valence-corrected chi connectivity index (χ0v) is 10.7. The number of anilines is 1. The summed E-state index contributed by atoms with van der Waals surface area (Å²) in [7, 11) is 1.56. The van der Waals surface area contributed by atoms with Gasteiger partial charge in [-0.15, -0.1) is 0 Å². The summed E-state index contributed by atoms with van der Waals surface area (Å²) in [4.78, 5) is 23.3. The number of benzene rings is 1. The average molecular weight is 262 g/mol. The molecule has 1 unspecified atom stereocenters. The number of hydrogen-bond acceptors (Lipinski definition) is 4. The highest BCUT2D eigenvalue weighted by Gasteiger charge is 2.16. The van der Waals surface area contributed by atoms with E-state index in [1.165, 1.54) is 23.1 Å². The largest absolute Gasteiger partial charge is 0.324 e. The first kappa shape index (κ1) is 14.4. The van der Waals surface area contributed by atoms with Crippen molar-refractivity contribution in [2.24, 2.45) is 0 Å². The van der Waals surface area contributed by atoms with Crippen LogP contribution in [-0.2, 0) is 0 Å². The normalized spacial score (nSPS) is 11.2. The molecule has 0 saturated heterocycles. The van der Waals surface area contributed by atoms with Gasteiger partial charge in [-0.25, -0.2) is 4.79 Å². The summed E-state index contributed by atoms with van der Waals surface area (Å²) in [5.74, 6) is 0. The molecule has 0 radical (unpaired) electrons. The molecule has 1 atom stereocenters. The predicted molar refractivity (Wildman–Crippen MR) is 69.6 cm³/mol. The van der Waals surface area contributed by atoms with E-state index in [0.717, 1.165) is 0 Å². The van der Waals surface area contributed by atoms with Gasteiger partial charge < -0.3 is 10.2 Å². The SMILES string of the molecule is CC(CC#N)N(C)C(=O)Nc1cccc([N+](=O)[O-])c1. The van der Waals surface area contributed by atoms with Gasteiger partial charge in [-0.3, -0.25) is 10.1 Å². The molecule has 0 aromatic heterocycles. The van der Waals surface area contributed by atoms with E-state index in [4.69, 9.17) is 5.26 Å². The number of nitrogens with one attached hydrogen (secondary N) is 1. The highest BCUT2D eigenvalue weighted by Crippen LogP contribution is 2.17. The first-order valence-electron chi connectivity index (χ1n) is 5.61. The molecule has 0 bridgehead atoms. The van der Waals surface area contributed by atoms with Crippen molar-refractivity contribution in [2.75, 3.05) is 12.4 Å². The molecule has 7 heteroatoms. The highest BCUT2D eigenvalue weighted by atomic mass is 16.6. The third-order valence-corrected chi connectivity index (χ3v) is 2.68. The number of non-ortho nitro benzene ring substituents is 1. The van der Waals surface area contributed by atoms with E-state index in [1.54, 1.807) is 20.0 Å². The molecular formula is C12H14N4O3. The van der Waals surface area contributed by atoms with Crippen LogP contribution in [0.1, 0.15) is 13.3 Å². The molecule has 7 nitrogen and oxygen atoms in total. The second kappa shape index (κ2) is 6.35. The second-order valence-corrected chi connectivity index (χ2v) is 4.06. The number of carbonyl (C=O) groups excluding carboxylic acids is 1. The van der Waals surface area contributed by atoms with E-state index < -0.39 is 11.0 Å². The maximum absolute atomic E-state index is 11.8. The monoisotopic (exact) mass is 262 g/mol. The molecule has 1 aromatic carbocycles. The average Bonchev–Trinajstić information content (AvgIpc) is 2.38. The van der Waals surface area contributed by atoms with Gasteiger partial charge in [0.1, 0.15) is 0 Å². The number of carbonyl (C=O) groups is 1. The molecule has 2 amide bonds. The van der Waals surface area contributed by atoms with Crippen LogP contribution in [0.2, 0.25) is 0 Å². The van der Waals surface area contributed by atoms with Crippen LogP contribution in [0.3, 0.4) is 0 Å². The smallest absolute Gasteiger partial charge is 0.321 e. The van der Waals surface area contributed by atoms with Gasteiger partial charge in [0.25, 0.3) is 5.69 Å². The number of nitro benzene ring substituents is 1. The van der Waals surface area contributed by atoms with E-state index in [2.05, 4.69) is 5.32 Å². The zero-order chi connectivity index (χ0) is 14.4. The third kappa shape index (κ3) is 3.96. The molecule has 0 saturated carbocycles. The van der Waals surface area contributed by atoms with Gasteiger partial charge in [-0.1, -0.05) is 6.07 Å². The molecule has 19 heavy (non-hydrogen) atoms. The van der Waals surface area contributed by atoms with Crippen LogP contribution < -0.4 is 5.32 Å². The molecular weight excluding hydrogens is 248 g/mol. The summed E-state index contributed by atoms with van der Waals surface area (Å²) >= 11 is 0. The summed E-state index contributed by atoms with van der Waals surface area (Å²) in [6.07, 6.45) is 0.221. The molecule has 0 aliphatic carbocycles. The van der Waals surface area contributed by atoms with Crippen molar-refractivity contribution in [3.05, 3.63) is 34.4 Å². The molecule has 0 aliphatic heterocycles. The Morgan fingerprint density at radius 2 is 2.32 bits per heavy atom. The van der Waals surface area contributed by atoms with E-state index >= 15 is 0 Å². The van der Waals surface area contributed by atoms with Gasteiger partial charge in [0.15, 0.2) is 0 Å². The minimum absolute atomic E-state index is 0.0921. The second-order valence-electron chi connectivity index (χ2n) is 4.06. The lowest BCUT2D eigenvalue weighted by atomic mass is 10.2. The lowest BCUT2D eigenvalue weighted by Crippen LogP contribution is -2.38. The lowest BCUT2D eigenvalue weighted by molar-refractivity contribution is -0.384. The maximum atomic E-state index is 11.8. The van der Waals surface area contributed by atoms with E-state index in [9.17, 15) is 14.9 Å². The predicted octanol–water partition coefficient (Wildman–Crippen LogP) is 2.36. The Kier molecular flexibility index (Phi) is 4.83. The summed E-state index contributed by atoms with van der Waals surface area (Å²) in [5, 5.41) is 21.7. The lowest BCUT2D eigenvalue weighted by Gasteiger charge is -2.23. The van der Waals surface area contributed by atoms with Crippen molar-refractivity contribution >= 4 is 17.4 Å². The number of hydrogen-bond donors (Lipinski definition) is 1. The fourth-order valence-electron chi connectivity index (χ4n) is 1.38. The van der Waals surface area contributed by atoms with Gasteiger partial charge in [-0.2, -0.15) is 5.26 Å². The fraction of sp³-hybridized carbons (Fsp3) is 0.333. The van der Waals surface area contributed by atoms with Crippen LogP contribution in [-0.4, -0.2) is 28.9 Å². The summed E-state index contributed by atoms with van der Waals surface area (Å²) in [5.41, 5.74) is 0.251. The summed E-state index contributed by atoms with van der Waals surface area (Å²) < 4.78 is 0. The molecule has 1 rings (SSSR count). The van der Waals surface area contributed by atoms with Gasteiger partial charge >= 0.3 is 6.03 Å². The topological polar surface area (TPSA) is 99.3 Å². The first-order chi connectivity index (χ1) is 8.95. The van der Waals surface area contributed by atoms with Crippen LogP contribution in [0, 0.1) is 21.4 Å². The number of nitriles is 1. The Morgan fingerprint density at radius 1 is 1.63 bits per heavy atom. The zero-order valence-electron chi connectivity index (χ0n) is 10.7. The molecule has 0 aliphatic rings. The van der Waals surface area contributed by atoms with Crippen molar-refractivity contribution in [1.82, 2.24) is 4.90 Å². The Morgan fingerprint density at radius 3 is 2.89 bits per heavy atom. The number of rotatable bonds is 4.